The topological polar surface area (TPSA) is 49.0 Å². The van der Waals surface area contributed by atoms with Gasteiger partial charge in [-0.25, -0.2) is 0 Å². The molecule has 1 rings (SSSR count). The fourth-order valence-electron chi connectivity index (χ4n) is 1.56. The Morgan fingerprint density at radius 2 is 2.07 bits per heavy atom. The normalized spacial score (nSPS) is 10.3. The Bertz CT molecular complexity index is 276. The monoisotopic (exact) mass is 209 g/mol. The number of hydrogen-bond acceptors (Lipinski definition) is 2. The van der Waals surface area contributed by atoms with Crippen LogP contribution in [-0.4, -0.2) is 34.1 Å². The molecular formula is C11H19N3O. The third-order valence-corrected chi connectivity index (χ3v) is 2.24. The van der Waals surface area contributed by atoms with Gasteiger partial charge >= 0.3 is 0 Å². The first kappa shape index (κ1) is 11.8. The van der Waals surface area contributed by atoms with E-state index in [0.717, 1.165) is 31.6 Å². The summed E-state index contributed by atoms with van der Waals surface area (Å²) in [5, 5.41) is 6.64. The van der Waals surface area contributed by atoms with Crippen LogP contribution in [0, 0.1) is 0 Å². The Morgan fingerprint density at radius 3 is 2.53 bits per heavy atom. The molecule has 0 aliphatic carbocycles. The number of amides is 1. The number of carbonyl (C=O) groups excluding carboxylic acids is 1. The lowest BCUT2D eigenvalue weighted by atomic mass is 10.2. The molecule has 0 bridgehead atoms. The highest BCUT2D eigenvalue weighted by Crippen LogP contribution is 2.01. The van der Waals surface area contributed by atoms with Crippen LogP contribution in [0.5, 0.6) is 0 Å². The first-order valence-electron chi connectivity index (χ1n) is 5.54. The molecule has 0 fully saturated rings. The lowest BCUT2D eigenvalue weighted by molar-refractivity contribution is -0.130. The molecule has 0 radical (unpaired) electrons. The van der Waals surface area contributed by atoms with E-state index in [1.165, 1.54) is 0 Å². The number of nitrogens with one attached hydrogen (secondary N) is 1. The van der Waals surface area contributed by atoms with Gasteiger partial charge in [-0.2, -0.15) is 5.10 Å². The minimum Gasteiger partial charge on any atom is -0.342 e. The molecule has 4 nitrogen and oxygen atoms in total. The van der Waals surface area contributed by atoms with Crippen LogP contribution in [-0.2, 0) is 11.2 Å². The second kappa shape index (κ2) is 6.22. The highest BCUT2D eigenvalue weighted by atomic mass is 16.2. The Hall–Kier alpha value is -1.32. The van der Waals surface area contributed by atoms with Gasteiger partial charge < -0.3 is 4.90 Å². The molecule has 0 unspecified atom stereocenters. The standard InChI is InChI=1S/C11H19N3O/c1-3-7-14(8-4-2)11(15)9-10-5-6-12-13-10/h5-6H,3-4,7-9H2,1-2H3,(H,12,13). The summed E-state index contributed by atoms with van der Waals surface area (Å²) in [5.41, 5.74) is 0.886. The van der Waals surface area contributed by atoms with Crippen LogP contribution in [0.3, 0.4) is 0 Å². The number of nitrogens with zero attached hydrogens (tertiary/aromatic N) is 2. The van der Waals surface area contributed by atoms with Gasteiger partial charge in [-0.1, -0.05) is 13.8 Å². The van der Waals surface area contributed by atoms with Crippen molar-refractivity contribution in [1.29, 1.82) is 0 Å². The second-order valence-corrected chi connectivity index (χ2v) is 3.64. The number of aromatic nitrogens is 2. The van der Waals surface area contributed by atoms with Crippen molar-refractivity contribution in [2.45, 2.75) is 33.1 Å². The molecule has 4 heteroatoms. The van der Waals surface area contributed by atoms with Crippen molar-refractivity contribution in [2.24, 2.45) is 0 Å². The van der Waals surface area contributed by atoms with E-state index < -0.39 is 0 Å². The molecule has 15 heavy (non-hydrogen) atoms. The van der Waals surface area contributed by atoms with Crippen molar-refractivity contribution >= 4 is 5.91 Å². The molecule has 0 aromatic carbocycles. The van der Waals surface area contributed by atoms with Crippen LogP contribution in [0.4, 0.5) is 0 Å². The average Bonchev–Trinajstić information content (AvgIpc) is 2.70. The van der Waals surface area contributed by atoms with Crippen LogP contribution in [0.25, 0.3) is 0 Å². The molecule has 84 valence electrons. The molecule has 0 saturated heterocycles. The van der Waals surface area contributed by atoms with Crippen molar-refractivity contribution in [3.8, 4) is 0 Å². The van der Waals surface area contributed by atoms with Crippen molar-refractivity contribution < 1.29 is 4.79 Å². The van der Waals surface area contributed by atoms with Gasteiger partial charge in [0, 0.05) is 25.0 Å². The van der Waals surface area contributed by atoms with E-state index in [-0.39, 0.29) is 5.91 Å². The van der Waals surface area contributed by atoms with Crippen molar-refractivity contribution in [3.05, 3.63) is 18.0 Å². The van der Waals surface area contributed by atoms with E-state index in [2.05, 4.69) is 24.0 Å². The van der Waals surface area contributed by atoms with Crippen LogP contribution < -0.4 is 0 Å². The molecule has 1 aromatic rings. The first-order chi connectivity index (χ1) is 7.27. The van der Waals surface area contributed by atoms with Gasteiger partial charge in [-0.15, -0.1) is 0 Å². The van der Waals surface area contributed by atoms with Gasteiger partial charge in [0.15, 0.2) is 0 Å². The van der Waals surface area contributed by atoms with Gasteiger partial charge in [0.25, 0.3) is 0 Å². The first-order valence-corrected chi connectivity index (χ1v) is 5.54. The molecule has 0 aliphatic rings. The lowest BCUT2D eigenvalue weighted by Gasteiger charge is -2.20. The molecular weight excluding hydrogens is 190 g/mol. The Labute approximate surface area is 90.7 Å². The van der Waals surface area contributed by atoms with Gasteiger partial charge in [-0.3, -0.25) is 9.89 Å². The fourth-order valence-corrected chi connectivity index (χ4v) is 1.56. The SMILES string of the molecule is CCCN(CCC)C(=O)Cc1ccn[nH]1. The van der Waals surface area contributed by atoms with Gasteiger partial charge in [-0.05, 0) is 18.9 Å². The number of hydrogen-bond donors (Lipinski definition) is 1. The molecule has 0 atom stereocenters. The maximum absolute atomic E-state index is 11.9. The van der Waals surface area contributed by atoms with E-state index in [1.807, 2.05) is 11.0 Å². The highest BCUT2D eigenvalue weighted by molar-refractivity contribution is 5.78. The maximum atomic E-state index is 11.9. The Morgan fingerprint density at radius 1 is 1.40 bits per heavy atom. The number of H-pyrrole nitrogens is 1. The number of rotatable bonds is 6. The summed E-state index contributed by atoms with van der Waals surface area (Å²) in [4.78, 5) is 13.8. The summed E-state index contributed by atoms with van der Waals surface area (Å²) in [5.74, 6) is 0.183. The Kier molecular flexibility index (Phi) is 4.87. The number of aromatic amines is 1. The van der Waals surface area contributed by atoms with Gasteiger partial charge in [0.2, 0.25) is 5.91 Å². The highest BCUT2D eigenvalue weighted by Gasteiger charge is 2.12. The summed E-state index contributed by atoms with van der Waals surface area (Å²) in [7, 11) is 0. The van der Waals surface area contributed by atoms with Crippen LogP contribution in [0.15, 0.2) is 12.3 Å². The predicted molar refractivity (Wildman–Crippen MR) is 59.5 cm³/mol. The van der Waals surface area contributed by atoms with Gasteiger partial charge in [0.1, 0.15) is 0 Å². The summed E-state index contributed by atoms with van der Waals surface area (Å²) >= 11 is 0. The molecule has 1 heterocycles. The fraction of sp³-hybridized carbons (Fsp3) is 0.636. The van der Waals surface area contributed by atoms with Crippen LogP contribution in [0.1, 0.15) is 32.4 Å². The molecule has 0 saturated carbocycles. The Balaban J connectivity index is 2.48. The van der Waals surface area contributed by atoms with Gasteiger partial charge in [0.05, 0.1) is 6.42 Å². The van der Waals surface area contributed by atoms with Crippen molar-refractivity contribution in [1.82, 2.24) is 15.1 Å². The lowest BCUT2D eigenvalue weighted by Crippen LogP contribution is -2.33. The summed E-state index contributed by atoms with van der Waals surface area (Å²) in [6.45, 7) is 5.87. The minimum absolute atomic E-state index is 0.183. The van der Waals surface area contributed by atoms with E-state index in [9.17, 15) is 4.79 Å². The van der Waals surface area contributed by atoms with E-state index >= 15 is 0 Å². The third kappa shape index (κ3) is 3.73. The van der Waals surface area contributed by atoms with E-state index in [4.69, 9.17) is 0 Å². The van der Waals surface area contributed by atoms with E-state index in [1.54, 1.807) is 6.20 Å². The van der Waals surface area contributed by atoms with Crippen molar-refractivity contribution in [2.75, 3.05) is 13.1 Å². The molecule has 1 aromatic heterocycles. The zero-order valence-electron chi connectivity index (χ0n) is 9.49. The molecule has 1 amide bonds. The quantitative estimate of drug-likeness (QED) is 0.773. The van der Waals surface area contributed by atoms with E-state index in [0.29, 0.717) is 6.42 Å². The second-order valence-electron chi connectivity index (χ2n) is 3.64. The number of carbonyl (C=O) groups is 1. The van der Waals surface area contributed by atoms with Crippen LogP contribution >= 0.6 is 0 Å². The zero-order chi connectivity index (χ0) is 11.1. The maximum Gasteiger partial charge on any atom is 0.228 e. The van der Waals surface area contributed by atoms with Crippen molar-refractivity contribution in [3.63, 3.8) is 0 Å². The zero-order valence-corrected chi connectivity index (χ0v) is 9.49. The van der Waals surface area contributed by atoms with Crippen LogP contribution in [0.2, 0.25) is 0 Å². The molecule has 0 aliphatic heterocycles. The smallest absolute Gasteiger partial charge is 0.228 e. The third-order valence-electron chi connectivity index (χ3n) is 2.24. The molecule has 1 N–H and O–H groups in total. The largest absolute Gasteiger partial charge is 0.342 e. The summed E-state index contributed by atoms with van der Waals surface area (Å²) < 4.78 is 0. The summed E-state index contributed by atoms with van der Waals surface area (Å²) in [6, 6.07) is 1.84. The molecule has 0 spiro atoms. The predicted octanol–water partition coefficient (Wildman–Crippen LogP) is 1.60. The minimum atomic E-state index is 0.183. The average molecular weight is 209 g/mol. The summed E-state index contributed by atoms with van der Waals surface area (Å²) in [6.07, 6.45) is 4.12.